The van der Waals surface area contributed by atoms with Crippen molar-refractivity contribution in [1.82, 2.24) is 5.32 Å². The molecule has 32 heavy (non-hydrogen) atoms. The lowest BCUT2D eigenvalue weighted by Crippen LogP contribution is -2.45. The minimum atomic E-state index is -1.15. The van der Waals surface area contributed by atoms with E-state index in [4.69, 9.17) is 4.74 Å². The van der Waals surface area contributed by atoms with Gasteiger partial charge in [-0.3, -0.25) is 24.1 Å². The van der Waals surface area contributed by atoms with Gasteiger partial charge in [0, 0.05) is 12.7 Å². The molecule has 0 aromatic heterocycles. The Bertz CT molecular complexity index is 997. The first-order valence-corrected chi connectivity index (χ1v) is 11.1. The Balaban J connectivity index is 1.77. The van der Waals surface area contributed by atoms with Crippen LogP contribution in [0.1, 0.15) is 18.9 Å². The van der Waals surface area contributed by atoms with Crippen LogP contribution in [-0.4, -0.2) is 46.5 Å². The van der Waals surface area contributed by atoms with E-state index < -0.39 is 30.6 Å². The topological polar surface area (TPSA) is 113 Å². The van der Waals surface area contributed by atoms with E-state index in [9.17, 15) is 24.3 Å². The molecule has 1 aliphatic rings. The Labute approximate surface area is 189 Å². The number of rotatable bonds is 8. The second kappa shape index (κ2) is 10.8. The lowest BCUT2D eigenvalue weighted by Gasteiger charge is -2.22. The molecule has 0 radical (unpaired) electrons. The fourth-order valence-electron chi connectivity index (χ4n) is 3.39. The van der Waals surface area contributed by atoms with E-state index in [1.165, 1.54) is 6.92 Å². The molecule has 2 amide bonds. The Hall–Kier alpha value is -3.33. The van der Waals surface area contributed by atoms with Crippen molar-refractivity contribution in [2.45, 2.75) is 26.0 Å². The van der Waals surface area contributed by atoms with E-state index in [-0.39, 0.29) is 17.4 Å². The summed E-state index contributed by atoms with van der Waals surface area (Å²) in [4.78, 5) is 49.7. The molecule has 2 unspecified atom stereocenters. The molecule has 8 nitrogen and oxygen atoms in total. The highest BCUT2D eigenvalue weighted by Crippen LogP contribution is 2.32. The molecule has 1 aliphatic heterocycles. The highest BCUT2D eigenvalue weighted by molar-refractivity contribution is 8.13. The lowest BCUT2D eigenvalue weighted by atomic mass is 10.00. The zero-order valence-electron chi connectivity index (χ0n) is 17.5. The fourth-order valence-corrected chi connectivity index (χ4v) is 4.09. The predicted molar refractivity (Wildman–Crippen MR) is 120 cm³/mol. The lowest BCUT2D eigenvalue weighted by molar-refractivity contribution is -0.137. The average Bonchev–Trinajstić information content (AvgIpc) is 2.87. The molecule has 0 saturated carbocycles. The summed E-state index contributed by atoms with van der Waals surface area (Å²) in [7, 11) is 0. The zero-order valence-corrected chi connectivity index (χ0v) is 18.3. The quantitative estimate of drug-likeness (QED) is 0.627. The average molecular weight is 457 g/mol. The van der Waals surface area contributed by atoms with Crippen molar-refractivity contribution in [3.05, 3.63) is 60.2 Å². The minimum absolute atomic E-state index is 0.0880. The maximum absolute atomic E-state index is 13.1. The molecule has 0 spiro atoms. The molecule has 2 N–H and O–H groups in total. The number of aliphatic carboxylic acids is 1. The number of carboxylic acid groups (broad SMARTS) is 1. The Morgan fingerprint density at radius 3 is 2.53 bits per heavy atom. The molecular weight excluding hydrogens is 432 g/mol. The van der Waals surface area contributed by atoms with Crippen LogP contribution in [0.4, 0.5) is 5.69 Å². The van der Waals surface area contributed by atoms with Crippen molar-refractivity contribution >= 4 is 40.3 Å². The summed E-state index contributed by atoms with van der Waals surface area (Å²) in [5.74, 6) is -1.88. The van der Waals surface area contributed by atoms with E-state index in [1.807, 2.05) is 30.3 Å². The van der Waals surface area contributed by atoms with Gasteiger partial charge in [0.05, 0.1) is 18.0 Å². The maximum atomic E-state index is 13.1. The molecule has 0 saturated heterocycles. The Morgan fingerprint density at radius 1 is 1.16 bits per heavy atom. The molecule has 1 heterocycles. The second-order valence-electron chi connectivity index (χ2n) is 7.35. The summed E-state index contributed by atoms with van der Waals surface area (Å²) < 4.78 is 5.87. The van der Waals surface area contributed by atoms with Gasteiger partial charge in [0.1, 0.15) is 12.3 Å². The van der Waals surface area contributed by atoms with Gasteiger partial charge in [0.25, 0.3) is 0 Å². The fraction of sp³-hybridized carbons (Fsp3) is 0.304. The molecule has 2 aromatic carbocycles. The van der Waals surface area contributed by atoms with Gasteiger partial charge in [-0.1, -0.05) is 54.2 Å². The van der Waals surface area contributed by atoms with Crippen molar-refractivity contribution in [2.24, 2.45) is 5.92 Å². The van der Waals surface area contributed by atoms with Gasteiger partial charge in [-0.05, 0) is 24.1 Å². The minimum Gasteiger partial charge on any atom is -0.480 e. The van der Waals surface area contributed by atoms with Crippen molar-refractivity contribution in [2.75, 3.05) is 17.2 Å². The molecule has 2 atom stereocenters. The summed E-state index contributed by atoms with van der Waals surface area (Å²) in [5, 5.41) is 11.9. The van der Waals surface area contributed by atoms with E-state index in [2.05, 4.69) is 5.32 Å². The van der Waals surface area contributed by atoms with Crippen LogP contribution < -0.4 is 15.0 Å². The van der Waals surface area contributed by atoms with Crippen LogP contribution in [0.15, 0.2) is 54.6 Å². The van der Waals surface area contributed by atoms with Crippen LogP contribution in [0, 0.1) is 5.92 Å². The first-order valence-electron chi connectivity index (χ1n) is 10.1. The summed E-state index contributed by atoms with van der Waals surface area (Å²) >= 11 is 1.07. The summed E-state index contributed by atoms with van der Waals surface area (Å²) in [6.45, 7) is 0.939. The first-order chi connectivity index (χ1) is 15.3. The molecule has 0 bridgehead atoms. The van der Waals surface area contributed by atoms with Crippen LogP contribution in [0.25, 0.3) is 0 Å². The second-order valence-corrected chi connectivity index (χ2v) is 8.55. The number of carboxylic acids is 1. The number of hydrogen-bond donors (Lipinski definition) is 2. The number of nitrogens with zero attached hydrogens (tertiary/aromatic N) is 1. The summed E-state index contributed by atoms with van der Waals surface area (Å²) in [5.41, 5.74) is 1.29. The Morgan fingerprint density at radius 2 is 1.84 bits per heavy atom. The molecule has 9 heteroatoms. The summed E-state index contributed by atoms with van der Waals surface area (Å²) in [6, 6.07) is 16.1. The SMILES string of the molecule is CC(=O)SCC(Cc1ccccc1)C(=O)NC1CC(=O)N(CC(=O)O)c2ccccc2O1. The van der Waals surface area contributed by atoms with E-state index in [0.717, 1.165) is 22.2 Å². The number of nitrogens with one attached hydrogen (secondary N) is 1. The van der Waals surface area contributed by atoms with Crippen molar-refractivity contribution in [3.8, 4) is 5.75 Å². The molecular formula is C23H24N2O6S. The van der Waals surface area contributed by atoms with Crippen LogP contribution >= 0.6 is 11.8 Å². The van der Waals surface area contributed by atoms with E-state index >= 15 is 0 Å². The number of amides is 2. The molecule has 2 aromatic rings. The standard InChI is InChI=1S/C23H24N2O6S/c1-15(26)32-14-17(11-16-7-3-2-4-8-16)23(30)24-20-12-21(27)25(13-22(28)29)18-9-5-6-10-19(18)31-20/h2-10,17,20H,11-14H2,1H3,(H,24,30)(H,28,29). The van der Waals surface area contributed by atoms with E-state index in [0.29, 0.717) is 23.6 Å². The third-order valence-corrected chi connectivity index (χ3v) is 5.84. The van der Waals surface area contributed by atoms with Crippen LogP contribution in [-0.2, 0) is 25.6 Å². The monoisotopic (exact) mass is 456 g/mol. The van der Waals surface area contributed by atoms with Gasteiger partial charge < -0.3 is 15.2 Å². The highest BCUT2D eigenvalue weighted by Gasteiger charge is 2.32. The number of ether oxygens (including phenoxy) is 1. The highest BCUT2D eigenvalue weighted by atomic mass is 32.2. The van der Waals surface area contributed by atoms with Crippen molar-refractivity contribution in [1.29, 1.82) is 0 Å². The van der Waals surface area contributed by atoms with Gasteiger partial charge in [-0.2, -0.15) is 0 Å². The number of carbonyl (C=O) groups excluding carboxylic acids is 3. The number of thioether (sulfide) groups is 1. The van der Waals surface area contributed by atoms with Gasteiger partial charge >= 0.3 is 5.97 Å². The summed E-state index contributed by atoms with van der Waals surface area (Å²) in [6.07, 6.45) is -0.753. The molecule has 0 aliphatic carbocycles. The number of anilines is 1. The van der Waals surface area contributed by atoms with E-state index in [1.54, 1.807) is 24.3 Å². The molecule has 0 fully saturated rings. The number of para-hydroxylation sites is 2. The van der Waals surface area contributed by atoms with Gasteiger partial charge in [0.15, 0.2) is 11.3 Å². The van der Waals surface area contributed by atoms with Gasteiger partial charge in [0.2, 0.25) is 11.8 Å². The van der Waals surface area contributed by atoms with Crippen LogP contribution in [0.3, 0.4) is 0 Å². The smallest absolute Gasteiger partial charge is 0.323 e. The number of carbonyl (C=O) groups is 4. The van der Waals surface area contributed by atoms with Gasteiger partial charge in [-0.15, -0.1) is 0 Å². The number of benzene rings is 2. The van der Waals surface area contributed by atoms with Crippen LogP contribution in [0.5, 0.6) is 5.75 Å². The maximum Gasteiger partial charge on any atom is 0.323 e. The normalized spacial score (nSPS) is 16.3. The predicted octanol–water partition coefficient (Wildman–Crippen LogP) is 2.47. The first kappa shape index (κ1) is 23.3. The third-order valence-electron chi connectivity index (χ3n) is 4.87. The van der Waals surface area contributed by atoms with Gasteiger partial charge in [-0.25, -0.2) is 0 Å². The van der Waals surface area contributed by atoms with Crippen molar-refractivity contribution in [3.63, 3.8) is 0 Å². The zero-order chi connectivity index (χ0) is 23.1. The largest absolute Gasteiger partial charge is 0.480 e. The van der Waals surface area contributed by atoms with Crippen molar-refractivity contribution < 1.29 is 29.0 Å². The third kappa shape index (κ3) is 6.34. The molecule has 168 valence electrons. The Kier molecular flexibility index (Phi) is 7.88. The number of fused-ring (bicyclic) bond motifs is 1. The van der Waals surface area contributed by atoms with Crippen LogP contribution in [0.2, 0.25) is 0 Å². The number of hydrogen-bond acceptors (Lipinski definition) is 6. The molecule has 3 rings (SSSR count).